The van der Waals surface area contributed by atoms with Gasteiger partial charge in [0.1, 0.15) is 0 Å². The molecule has 0 saturated carbocycles. The van der Waals surface area contributed by atoms with Crippen molar-refractivity contribution in [1.82, 2.24) is 9.97 Å². The molecule has 0 bridgehead atoms. The number of hydrogen-bond donors (Lipinski definition) is 0. The molecule has 4 aromatic rings. The number of fused-ring (bicyclic) bond motifs is 1. The molecule has 0 fully saturated rings. The lowest BCUT2D eigenvalue weighted by Gasteiger charge is -2.08. The van der Waals surface area contributed by atoms with Crippen LogP contribution in [0, 0.1) is 6.92 Å². The first-order valence-electron chi connectivity index (χ1n) is 8.16. The highest BCUT2D eigenvalue weighted by Crippen LogP contribution is 2.23. The van der Waals surface area contributed by atoms with E-state index in [2.05, 4.69) is 4.98 Å². The molecule has 120 valence electrons. The number of hydrogen-bond acceptors (Lipinski definition) is 3. The van der Waals surface area contributed by atoms with Crippen molar-refractivity contribution in [3.8, 4) is 11.3 Å². The smallest absolute Gasteiger partial charge is 0.193 e. The van der Waals surface area contributed by atoms with Gasteiger partial charge in [-0.25, -0.2) is 9.97 Å². The molecule has 4 rings (SSSR count). The summed E-state index contributed by atoms with van der Waals surface area (Å²) in [6.07, 6.45) is 0. The van der Waals surface area contributed by atoms with Crippen LogP contribution in [-0.2, 0) is 0 Å². The summed E-state index contributed by atoms with van der Waals surface area (Å²) in [7, 11) is 0. The lowest BCUT2D eigenvalue weighted by Crippen LogP contribution is -2.02. The molecular formula is C22H16N2O. The quantitative estimate of drug-likeness (QED) is 0.507. The molecule has 1 heterocycles. The van der Waals surface area contributed by atoms with Crippen LogP contribution in [0.3, 0.4) is 0 Å². The minimum absolute atomic E-state index is 0.00821. The Balaban J connectivity index is 1.82. The summed E-state index contributed by atoms with van der Waals surface area (Å²) < 4.78 is 0. The Kier molecular flexibility index (Phi) is 3.82. The number of carbonyl (C=O) groups excluding carboxylic acids is 1. The Hall–Kier alpha value is -3.33. The van der Waals surface area contributed by atoms with Crippen molar-refractivity contribution in [3.63, 3.8) is 0 Å². The Morgan fingerprint density at radius 1 is 0.720 bits per heavy atom. The van der Waals surface area contributed by atoms with E-state index in [1.165, 1.54) is 0 Å². The van der Waals surface area contributed by atoms with Gasteiger partial charge < -0.3 is 0 Å². The summed E-state index contributed by atoms with van der Waals surface area (Å²) in [5.74, 6) is -0.00821. The molecule has 0 spiro atoms. The van der Waals surface area contributed by atoms with Gasteiger partial charge in [0, 0.05) is 16.7 Å². The number of carbonyl (C=O) groups is 1. The predicted octanol–water partition coefficient (Wildman–Crippen LogP) is 4.84. The Morgan fingerprint density at radius 3 is 2.12 bits per heavy atom. The summed E-state index contributed by atoms with van der Waals surface area (Å²) in [4.78, 5) is 22.1. The largest absolute Gasteiger partial charge is 0.289 e. The zero-order valence-electron chi connectivity index (χ0n) is 13.8. The fourth-order valence-electron chi connectivity index (χ4n) is 2.91. The van der Waals surface area contributed by atoms with E-state index in [-0.39, 0.29) is 5.78 Å². The van der Waals surface area contributed by atoms with E-state index in [4.69, 9.17) is 4.98 Å². The molecule has 3 nitrogen and oxygen atoms in total. The maximum absolute atomic E-state index is 12.7. The van der Waals surface area contributed by atoms with Crippen LogP contribution in [-0.4, -0.2) is 15.8 Å². The summed E-state index contributed by atoms with van der Waals surface area (Å²) in [5, 5.41) is 0. The molecule has 3 aromatic carbocycles. The number of ketones is 1. The van der Waals surface area contributed by atoms with E-state index in [1.807, 2.05) is 85.8 Å². The predicted molar refractivity (Wildman–Crippen MR) is 99.6 cm³/mol. The molecule has 25 heavy (non-hydrogen) atoms. The zero-order chi connectivity index (χ0) is 17.2. The molecule has 0 aliphatic rings. The van der Waals surface area contributed by atoms with Gasteiger partial charge in [-0.2, -0.15) is 0 Å². The highest BCUT2D eigenvalue weighted by molar-refractivity contribution is 6.10. The Bertz CT molecular complexity index is 1060. The Labute approximate surface area is 146 Å². The van der Waals surface area contributed by atoms with Crippen LogP contribution in [0.4, 0.5) is 0 Å². The number of aromatic nitrogens is 2. The molecule has 0 saturated heterocycles. The van der Waals surface area contributed by atoms with Gasteiger partial charge in [-0.3, -0.25) is 4.79 Å². The topological polar surface area (TPSA) is 42.9 Å². The summed E-state index contributed by atoms with van der Waals surface area (Å²) in [6.45, 7) is 1.96. The van der Waals surface area contributed by atoms with Crippen molar-refractivity contribution < 1.29 is 4.79 Å². The second-order valence-electron chi connectivity index (χ2n) is 5.92. The molecule has 0 aliphatic carbocycles. The second-order valence-corrected chi connectivity index (χ2v) is 5.92. The lowest BCUT2D eigenvalue weighted by atomic mass is 10.0. The van der Waals surface area contributed by atoms with Crippen molar-refractivity contribution in [1.29, 1.82) is 0 Å². The van der Waals surface area contributed by atoms with Crippen LogP contribution < -0.4 is 0 Å². The van der Waals surface area contributed by atoms with Crippen LogP contribution in [0.1, 0.15) is 21.6 Å². The molecule has 0 aliphatic heterocycles. The standard InChI is InChI=1S/C22H16N2O/c1-15-21(16-8-4-2-5-9-16)24-20-14-18(12-13-19(20)23-15)22(25)17-10-6-3-7-11-17/h2-14H,1H3. The van der Waals surface area contributed by atoms with E-state index in [9.17, 15) is 4.79 Å². The van der Waals surface area contributed by atoms with E-state index >= 15 is 0 Å². The van der Waals surface area contributed by atoms with Gasteiger partial charge in [-0.15, -0.1) is 0 Å². The van der Waals surface area contributed by atoms with Crippen molar-refractivity contribution >= 4 is 16.8 Å². The van der Waals surface area contributed by atoms with E-state index in [0.717, 1.165) is 28.0 Å². The maximum Gasteiger partial charge on any atom is 0.193 e. The van der Waals surface area contributed by atoms with Crippen LogP contribution in [0.15, 0.2) is 78.9 Å². The fourth-order valence-corrected chi connectivity index (χ4v) is 2.91. The molecular weight excluding hydrogens is 308 g/mol. The monoisotopic (exact) mass is 324 g/mol. The van der Waals surface area contributed by atoms with Gasteiger partial charge in [-0.1, -0.05) is 60.7 Å². The van der Waals surface area contributed by atoms with Crippen molar-refractivity contribution in [3.05, 3.63) is 95.7 Å². The fraction of sp³-hybridized carbons (Fsp3) is 0.0455. The van der Waals surface area contributed by atoms with Gasteiger partial charge in [0.2, 0.25) is 0 Å². The number of aryl methyl sites for hydroxylation is 1. The maximum atomic E-state index is 12.7. The van der Waals surface area contributed by atoms with Gasteiger partial charge in [-0.05, 0) is 25.1 Å². The molecule has 0 atom stereocenters. The minimum atomic E-state index is -0.00821. The third kappa shape index (κ3) is 2.92. The second kappa shape index (κ2) is 6.29. The zero-order valence-corrected chi connectivity index (χ0v) is 13.8. The highest BCUT2D eigenvalue weighted by Gasteiger charge is 2.12. The van der Waals surface area contributed by atoms with Crippen LogP contribution in [0.2, 0.25) is 0 Å². The van der Waals surface area contributed by atoms with Gasteiger partial charge in [0.15, 0.2) is 5.78 Å². The van der Waals surface area contributed by atoms with Gasteiger partial charge in [0.05, 0.1) is 22.4 Å². The van der Waals surface area contributed by atoms with E-state index in [1.54, 1.807) is 0 Å². The third-order valence-corrected chi connectivity index (χ3v) is 4.18. The highest BCUT2D eigenvalue weighted by atomic mass is 16.1. The summed E-state index contributed by atoms with van der Waals surface area (Å²) in [5.41, 5.74) is 5.56. The molecule has 0 radical (unpaired) electrons. The average Bonchev–Trinajstić information content (AvgIpc) is 2.68. The molecule has 0 N–H and O–H groups in total. The summed E-state index contributed by atoms with van der Waals surface area (Å²) in [6, 6.07) is 24.7. The Morgan fingerprint density at radius 2 is 1.40 bits per heavy atom. The van der Waals surface area contributed by atoms with Gasteiger partial charge in [0.25, 0.3) is 0 Å². The normalized spacial score (nSPS) is 10.8. The third-order valence-electron chi connectivity index (χ3n) is 4.18. The number of nitrogens with zero attached hydrogens (tertiary/aromatic N) is 2. The van der Waals surface area contributed by atoms with Crippen LogP contribution in [0.25, 0.3) is 22.3 Å². The van der Waals surface area contributed by atoms with Crippen molar-refractivity contribution in [2.24, 2.45) is 0 Å². The van der Waals surface area contributed by atoms with E-state index in [0.29, 0.717) is 11.1 Å². The summed E-state index contributed by atoms with van der Waals surface area (Å²) >= 11 is 0. The lowest BCUT2D eigenvalue weighted by molar-refractivity contribution is 0.103. The molecule has 3 heteroatoms. The number of benzene rings is 3. The van der Waals surface area contributed by atoms with Crippen molar-refractivity contribution in [2.75, 3.05) is 0 Å². The first-order chi connectivity index (χ1) is 12.2. The van der Waals surface area contributed by atoms with Crippen molar-refractivity contribution in [2.45, 2.75) is 6.92 Å². The first-order valence-corrected chi connectivity index (χ1v) is 8.16. The van der Waals surface area contributed by atoms with Gasteiger partial charge >= 0.3 is 0 Å². The van der Waals surface area contributed by atoms with Crippen LogP contribution in [0.5, 0.6) is 0 Å². The van der Waals surface area contributed by atoms with E-state index < -0.39 is 0 Å². The molecule has 0 amide bonds. The van der Waals surface area contributed by atoms with Crippen LogP contribution >= 0.6 is 0 Å². The molecule has 1 aromatic heterocycles. The SMILES string of the molecule is Cc1nc2ccc(C(=O)c3ccccc3)cc2nc1-c1ccccc1. The average molecular weight is 324 g/mol. The molecule has 0 unspecified atom stereocenters. The minimum Gasteiger partial charge on any atom is -0.289 e. The number of rotatable bonds is 3. The first kappa shape index (κ1) is 15.2.